The number of nitrogens with zero attached hydrogens (tertiary/aromatic N) is 2. The summed E-state index contributed by atoms with van der Waals surface area (Å²) in [5.41, 5.74) is 2.04. The maximum absolute atomic E-state index is 6.16. The van der Waals surface area contributed by atoms with E-state index in [4.69, 9.17) is 16.3 Å². The maximum atomic E-state index is 6.16. The van der Waals surface area contributed by atoms with Gasteiger partial charge in [0.25, 0.3) is 0 Å². The minimum Gasteiger partial charge on any atom is -0.437 e. The third-order valence-electron chi connectivity index (χ3n) is 2.90. The lowest BCUT2D eigenvalue weighted by Gasteiger charge is -2.13. The Kier molecular flexibility index (Phi) is 4.79. The highest BCUT2D eigenvalue weighted by atomic mass is 35.5. The topological polar surface area (TPSA) is 47.0 Å². The molecule has 0 fully saturated rings. The van der Waals surface area contributed by atoms with E-state index in [0.717, 1.165) is 29.9 Å². The van der Waals surface area contributed by atoms with Gasteiger partial charge in [-0.1, -0.05) is 24.6 Å². The van der Waals surface area contributed by atoms with Crippen LogP contribution in [-0.2, 0) is 6.42 Å². The second-order valence-electron chi connectivity index (χ2n) is 4.43. The fraction of sp³-hybridized carbons (Fsp3) is 0.333. The first-order valence-corrected chi connectivity index (χ1v) is 7.05. The van der Waals surface area contributed by atoms with E-state index in [2.05, 4.69) is 15.3 Å². The molecule has 2 aromatic rings. The molecule has 0 saturated carbocycles. The Labute approximate surface area is 124 Å². The van der Waals surface area contributed by atoms with Crippen molar-refractivity contribution in [1.82, 2.24) is 9.97 Å². The highest BCUT2D eigenvalue weighted by molar-refractivity contribution is 6.32. The number of rotatable bonds is 5. The number of anilines is 1. The van der Waals surface area contributed by atoms with Gasteiger partial charge in [0.15, 0.2) is 0 Å². The number of aromatic nitrogens is 2. The lowest BCUT2D eigenvalue weighted by Crippen LogP contribution is -2.05. The molecule has 0 unspecified atom stereocenters. The minimum atomic E-state index is 0.547. The van der Waals surface area contributed by atoms with Crippen LogP contribution in [0, 0.1) is 6.92 Å². The summed E-state index contributed by atoms with van der Waals surface area (Å²) in [6.07, 6.45) is 2.28. The maximum Gasteiger partial charge on any atom is 0.227 e. The van der Waals surface area contributed by atoms with E-state index < -0.39 is 0 Å². The van der Waals surface area contributed by atoms with E-state index in [1.807, 2.05) is 39.0 Å². The van der Waals surface area contributed by atoms with E-state index in [1.54, 1.807) is 0 Å². The Morgan fingerprint density at radius 1 is 1.25 bits per heavy atom. The van der Waals surface area contributed by atoms with Crippen LogP contribution >= 0.6 is 11.6 Å². The molecule has 5 heteroatoms. The smallest absolute Gasteiger partial charge is 0.227 e. The van der Waals surface area contributed by atoms with Gasteiger partial charge in [-0.25, -0.2) is 9.97 Å². The summed E-state index contributed by atoms with van der Waals surface area (Å²) in [5, 5.41) is 3.79. The summed E-state index contributed by atoms with van der Waals surface area (Å²) in [4.78, 5) is 8.47. The molecule has 1 heterocycles. The first-order valence-electron chi connectivity index (χ1n) is 6.67. The van der Waals surface area contributed by atoms with Crippen molar-refractivity contribution in [2.24, 2.45) is 0 Å². The van der Waals surface area contributed by atoms with Gasteiger partial charge in [0.05, 0.1) is 10.6 Å². The average Bonchev–Trinajstić information content (AvgIpc) is 2.43. The van der Waals surface area contributed by atoms with Gasteiger partial charge in [-0.15, -0.1) is 0 Å². The summed E-state index contributed by atoms with van der Waals surface area (Å²) in [7, 11) is 0. The molecule has 0 aliphatic carbocycles. The summed E-state index contributed by atoms with van der Waals surface area (Å²) in [5.74, 6) is 1.97. The SMILES string of the molecule is CCNc1ncnc(Oc2cc(C)ccc2Cl)c1CC. The number of ether oxygens (including phenoxy) is 1. The molecular formula is C15H18ClN3O. The van der Waals surface area contributed by atoms with Gasteiger partial charge in [-0.05, 0) is 38.0 Å². The number of hydrogen-bond donors (Lipinski definition) is 1. The number of nitrogens with one attached hydrogen (secondary N) is 1. The second kappa shape index (κ2) is 6.57. The van der Waals surface area contributed by atoms with Gasteiger partial charge in [0.2, 0.25) is 5.88 Å². The fourth-order valence-corrected chi connectivity index (χ4v) is 2.07. The van der Waals surface area contributed by atoms with E-state index in [1.165, 1.54) is 6.33 Å². The lowest BCUT2D eigenvalue weighted by atomic mass is 10.2. The summed E-state index contributed by atoms with van der Waals surface area (Å²) in [6.45, 7) is 6.87. The Bertz CT molecular complexity index is 602. The van der Waals surface area contributed by atoms with Crippen molar-refractivity contribution in [2.75, 3.05) is 11.9 Å². The number of benzene rings is 1. The predicted octanol–water partition coefficient (Wildman–Crippen LogP) is 4.22. The van der Waals surface area contributed by atoms with Gasteiger partial charge in [0.1, 0.15) is 17.9 Å². The van der Waals surface area contributed by atoms with Gasteiger partial charge in [0, 0.05) is 6.54 Å². The van der Waals surface area contributed by atoms with Crippen LogP contribution in [0.3, 0.4) is 0 Å². The van der Waals surface area contributed by atoms with E-state index >= 15 is 0 Å². The highest BCUT2D eigenvalue weighted by Crippen LogP contribution is 2.32. The van der Waals surface area contributed by atoms with Crippen LogP contribution in [0.15, 0.2) is 24.5 Å². The van der Waals surface area contributed by atoms with Crippen LogP contribution in [0.5, 0.6) is 11.6 Å². The van der Waals surface area contributed by atoms with Gasteiger partial charge < -0.3 is 10.1 Å². The molecule has 0 bridgehead atoms. The number of aryl methyl sites for hydroxylation is 1. The normalized spacial score (nSPS) is 10.4. The summed E-state index contributed by atoms with van der Waals surface area (Å²) >= 11 is 6.16. The fourth-order valence-electron chi connectivity index (χ4n) is 1.92. The molecule has 106 valence electrons. The zero-order valence-corrected chi connectivity index (χ0v) is 12.7. The third kappa shape index (κ3) is 3.20. The monoisotopic (exact) mass is 291 g/mol. The van der Waals surface area contributed by atoms with Crippen molar-refractivity contribution in [3.8, 4) is 11.6 Å². The van der Waals surface area contributed by atoms with E-state index in [0.29, 0.717) is 16.7 Å². The molecule has 0 aliphatic rings. The van der Waals surface area contributed by atoms with Crippen molar-refractivity contribution >= 4 is 17.4 Å². The van der Waals surface area contributed by atoms with E-state index in [9.17, 15) is 0 Å². The second-order valence-corrected chi connectivity index (χ2v) is 4.83. The zero-order valence-electron chi connectivity index (χ0n) is 11.9. The molecule has 1 aromatic heterocycles. The highest BCUT2D eigenvalue weighted by Gasteiger charge is 2.13. The average molecular weight is 292 g/mol. The summed E-state index contributed by atoms with van der Waals surface area (Å²) < 4.78 is 5.88. The number of hydrogen-bond acceptors (Lipinski definition) is 4. The van der Waals surface area contributed by atoms with Crippen molar-refractivity contribution in [2.45, 2.75) is 27.2 Å². The first-order chi connectivity index (χ1) is 9.65. The molecule has 0 amide bonds. The molecule has 4 nitrogen and oxygen atoms in total. The van der Waals surface area contributed by atoms with Crippen LogP contribution in [0.2, 0.25) is 5.02 Å². The molecular weight excluding hydrogens is 274 g/mol. The Hall–Kier alpha value is -1.81. The zero-order chi connectivity index (χ0) is 14.5. The largest absolute Gasteiger partial charge is 0.437 e. The standard InChI is InChI=1S/C15H18ClN3O/c1-4-11-14(17-5-2)18-9-19-15(11)20-13-8-10(3)6-7-12(13)16/h6-9H,4-5H2,1-3H3,(H,17,18,19). The predicted molar refractivity (Wildman–Crippen MR) is 81.8 cm³/mol. The molecule has 1 N–H and O–H groups in total. The number of halogens is 1. The molecule has 0 radical (unpaired) electrons. The van der Waals surface area contributed by atoms with Crippen molar-refractivity contribution in [3.05, 3.63) is 40.7 Å². The van der Waals surface area contributed by atoms with Crippen LogP contribution in [0.25, 0.3) is 0 Å². The van der Waals surface area contributed by atoms with Crippen LogP contribution in [0.4, 0.5) is 5.82 Å². The molecule has 2 rings (SSSR count). The molecule has 1 aromatic carbocycles. The molecule has 0 aliphatic heterocycles. The quantitative estimate of drug-likeness (QED) is 0.896. The summed E-state index contributed by atoms with van der Waals surface area (Å²) in [6, 6.07) is 5.67. The van der Waals surface area contributed by atoms with Crippen LogP contribution in [-0.4, -0.2) is 16.5 Å². The third-order valence-corrected chi connectivity index (χ3v) is 3.21. The molecule has 0 saturated heterocycles. The molecule has 20 heavy (non-hydrogen) atoms. The first kappa shape index (κ1) is 14.6. The Balaban J connectivity index is 2.37. The minimum absolute atomic E-state index is 0.547. The van der Waals surface area contributed by atoms with Crippen molar-refractivity contribution in [3.63, 3.8) is 0 Å². The van der Waals surface area contributed by atoms with Gasteiger partial charge in [-0.2, -0.15) is 0 Å². The lowest BCUT2D eigenvalue weighted by molar-refractivity contribution is 0.455. The van der Waals surface area contributed by atoms with Crippen molar-refractivity contribution < 1.29 is 4.74 Å². The molecule has 0 atom stereocenters. The Morgan fingerprint density at radius 2 is 2.05 bits per heavy atom. The van der Waals surface area contributed by atoms with Gasteiger partial charge >= 0.3 is 0 Å². The van der Waals surface area contributed by atoms with Crippen molar-refractivity contribution in [1.29, 1.82) is 0 Å². The van der Waals surface area contributed by atoms with Gasteiger partial charge in [-0.3, -0.25) is 0 Å². The van der Waals surface area contributed by atoms with Crippen LogP contribution in [0.1, 0.15) is 25.0 Å². The molecule has 0 spiro atoms. The van der Waals surface area contributed by atoms with E-state index in [-0.39, 0.29) is 0 Å². The Morgan fingerprint density at radius 3 is 2.75 bits per heavy atom. The van der Waals surface area contributed by atoms with Crippen LogP contribution < -0.4 is 10.1 Å².